The van der Waals surface area contributed by atoms with Crippen LogP contribution in [0, 0.1) is 0 Å². The van der Waals surface area contributed by atoms with Gasteiger partial charge in [-0.05, 0) is 31.8 Å². The summed E-state index contributed by atoms with van der Waals surface area (Å²) in [5.74, 6) is -4.85. The van der Waals surface area contributed by atoms with Crippen LogP contribution in [0.4, 0.5) is 0 Å². The Hall–Kier alpha value is -2.87. The Labute approximate surface area is 183 Å². The molecule has 13 nitrogen and oxygen atoms in total. The summed E-state index contributed by atoms with van der Waals surface area (Å²) in [6.45, 7) is 1.35. The van der Waals surface area contributed by atoms with Gasteiger partial charge in [0.1, 0.15) is 18.1 Å². The molecule has 0 aliphatic heterocycles. The Bertz CT molecular complexity index is 690. The van der Waals surface area contributed by atoms with Gasteiger partial charge in [0.2, 0.25) is 29.5 Å². The first-order valence-corrected chi connectivity index (χ1v) is 10.7. The van der Waals surface area contributed by atoms with Gasteiger partial charge in [-0.2, -0.15) is 11.8 Å². The molecule has 5 amide bonds. The minimum Gasteiger partial charge on any atom is -0.480 e. The molecule has 0 saturated carbocycles. The Morgan fingerprint density at radius 1 is 0.871 bits per heavy atom. The molecule has 0 aliphatic rings. The zero-order valence-corrected chi connectivity index (χ0v) is 18.2. The minimum atomic E-state index is -1.50. The van der Waals surface area contributed by atoms with Crippen LogP contribution in [0.1, 0.15) is 32.6 Å². The fourth-order valence-electron chi connectivity index (χ4n) is 2.29. The fraction of sp³-hybridized carbons (Fsp3) is 0.647. The highest BCUT2D eigenvalue weighted by atomic mass is 32.2. The SMILES string of the molecule is CSCCC(N)C(=O)NC(C)C(=O)NC(CC(N)=O)C(=O)NC(CCC(N)=O)C(=O)O. The van der Waals surface area contributed by atoms with Crippen molar-refractivity contribution in [2.24, 2.45) is 17.2 Å². The number of carbonyl (C=O) groups excluding carboxylic acids is 5. The molecule has 176 valence electrons. The Balaban J connectivity index is 5.09. The van der Waals surface area contributed by atoms with E-state index < -0.39 is 66.1 Å². The van der Waals surface area contributed by atoms with Crippen molar-refractivity contribution in [2.45, 2.75) is 56.8 Å². The number of amides is 5. The van der Waals surface area contributed by atoms with Crippen molar-refractivity contribution >= 4 is 47.3 Å². The van der Waals surface area contributed by atoms with Crippen LogP contribution in [0.2, 0.25) is 0 Å². The summed E-state index contributed by atoms with van der Waals surface area (Å²) in [6.07, 6.45) is 1.05. The number of nitrogens with one attached hydrogen (secondary N) is 3. The maximum atomic E-state index is 12.4. The van der Waals surface area contributed by atoms with E-state index in [-0.39, 0.29) is 12.8 Å². The number of thioether (sulfide) groups is 1. The second-order valence-electron chi connectivity index (χ2n) is 6.75. The maximum absolute atomic E-state index is 12.4. The summed E-state index contributed by atoms with van der Waals surface area (Å²) in [5, 5.41) is 15.9. The highest BCUT2D eigenvalue weighted by molar-refractivity contribution is 7.98. The van der Waals surface area contributed by atoms with Crippen molar-refractivity contribution in [2.75, 3.05) is 12.0 Å². The highest BCUT2D eigenvalue weighted by Gasteiger charge is 2.30. The summed E-state index contributed by atoms with van der Waals surface area (Å²) in [6, 6.07) is -4.89. The van der Waals surface area contributed by atoms with E-state index in [1.54, 1.807) is 0 Å². The van der Waals surface area contributed by atoms with Crippen molar-refractivity contribution < 1.29 is 33.9 Å². The number of hydrogen-bond acceptors (Lipinski definition) is 8. The van der Waals surface area contributed by atoms with Gasteiger partial charge in [-0.25, -0.2) is 4.79 Å². The van der Waals surface area contributed by atoms with Gasteiger partial charge in [0.05, 0.1) is 12.5 Å². The van der Waals surface area contributed by atoms with Crippen molar-refractivity contribution in [3.8, 4) is 0 Å². The number of carboxylic acids is 1. The molecule has 4 atom stereocenters. The third-order valence-electron chi connectivity index (χ3n) is 4.05. The van der Waals surface area contributed by atoms with Crippen LogP contribution >= 0.6 is 11.8 Å². The molecule has 0 bridgehead atoms. The molecule has 0 rings (SSSR count). The summed E-state index contributed by atoms with van der Waals surface area (Å²) in [5.41, 5.74) is 15.8. The second kappa shape index (κ2) is 14.2. The van der Waals surface area contributed by atoms with Crippen LogP contribution < -0.4 is 33.2 Å². The molecule has 0 fully saturated rings. The molecule has 0 saturated heterocycles. The lowest BCUT2D eigenvalue weighted by Crippen LogP contribution is -2.57. The molecular formula is C17H30N6O7S. The zero-order valence-electron chi connectivity index (χ0n) is 17.4. The van der Waals surface area contributed by atoms with E-state index in [1.165, 1.54) is 18.7 Å². The summed E-state index contributed by atoms with van der Waals surface area (Å²) < 4.78 is 0. The lowest BCUT2D eigenvalue weighted by molar-refractivity contribution is -0.142. The molecule has 0 spiro atoms. The third-order valence-corrected chi connectivity index (χ3v) is 4.70. The molecule has 0 aromatic rings. The minimum absolute atomic E-state index is 0.284. The molecule has 31 heavy (non-hydrogen) atoms. The number of hydrogen-bond donors (Lipinski definition) is 7. The Morgan fingerprint density at radius 3 is 1.94 bits per heavy atom. The number of carbonyl (C=O) groups is 6. The first-order chi connectivity index (χ1) is 14.4. The van der Waals surface area contributed by atoms with Gasteiger partial charge >= 0.3 is 5.97 Å². The smallest absolute Gasteiger partial charge is 0.326 e. The van der Waals surface area contributed by atoms with Crippen LogP contribution in [0.15, 0.2) is 0 Å². The number of rotatable bonds is 15. The van der Waals surface area contributed by atoms with Gasteiger partial charge in [-0.1, -0.05) is 0 Å². The predicted octanol–water partition coefficient (Wildman–Crippen LogP) is -3.23. The molecule has 0 aliphatic carbocycles. The van der Waals surface area contributed by atoms with Crippen LogP contribution in [-0.4, -0.2) is 76.8 Å². The summed E-state index contributed by atoms with van der Waals surface area (Å²) in [7, 11) is 0. The largest absolute Gasteiger partial charge is 0.480 e. The molecular weight excluding hydrogens is 432 g/mol. The number of carboxylic acid groups (broad SMARTS) is 1. The van der Waals surface area contributed by atoms with Crippen LogP contribution in [0.3, 0.4) is 0 Å². The van der Waals surface area contributed by atoms with E-state index >= 15 is 0 Å². The van der Waals surface area contributed by atoms with Crippen LogP contribution in [-0.2, 0) is 28.8 Å². The molecule has 10 N–H and O–H groups in total. The first kappa shape index (κ1) is 28.1. The van der Waals surface area contributed by atoms with Crippen molar-refractivity contribution in [1.82, 2.24) is 16.0 Å². The van der Waals surface area contributed by atoms with Crippen LogP contribution in [0.25, 0.3) is 0 Å². The van der Waals surface area contributed by atoms with E-state index in [2.05, 4.69) is 16.0 Å². The summed E-state index contributed by atoms with van der Waals surface area (Å²) in [4.78, 5) is 70.2. The van der Waals surface area contributed by atoms with Crippen LogP contribution in [0.5, 0.6) is 0 Å². The number of nitrogens with two attached hydrogens (primary N) is 3. The van der Waals surface area contributed by atoms with Crippen molar-refractivity contribution in [1.29, 1.82) is 0 Å². The van der Waals surface area contributed by atoms with E-state index in [1.807, 2.05) is 6.26 Å². The normalized spacial score (nSPS) is 14.4. The van der Waals surface area contributed by atoms with Gasteiger partial charge in [0.25, 0.3) is 0 Å². The van der Waals surface area contributed by atoms with Gasteiger partial charge in [0, 0.05) is 6.42 Å². The predicted molar refractivity (Wildman–Crippen MR) is 112 cm³/mol. The highest BCUT2D eigenvalue weighted by Crippen LogP contribution is 2.02. The molecule has 4 unspecified atom stereocenters. The second-order valence-corrected chi connectivity index (χ2v) is 7.74. The summed E-state index contributed by atoms with van der Waals surface area (Å²) >= 11 is 1.51. The van der Waals surface area contributed by atoms with E-state index in [0.717, 1.165) is 0 Å². The number of primary amides is 2. The van der Waals surface area contributed by atoms with Crippen molar-refractivity contribution in [3.63, 3.8) is 0 Å². The van der Waals surface area contributed by atoms with Gasteiger partial charge in [0.15, 0.2) is 0 Å². The monoisotopic (exact) mass is 462 g/mol. The standard InChI is InChI=1S/C17H30N6O7S/c1-8(21-15(27)9(18)5-6-31-2)14(26)23-11(7-13(20)25)16(28)22-10(17(29)30)3-4-12(19)24/h8-11H,3-7,18H2,1-2H3,(H2,19,24)(H2,20,25)(H,21,27)(H,22,28)(H,23,26)(H,29,30). The molecule has 0 heterocycles. The van der Waals surface area contributed by atoms with Gasteiger partial charge in [-0.3, -0.25) is 24.0 Å². The quantitative estimate of drug-likeness (QED) is 0.129. The van der Waals surface area contributed by atoms with Gasteiger partial charge < -0.3 is 38.3 Å². The molecule has 0 aromatic carbocycles. The third kappa shape index (κ3) is 11.8. The van der Waals surface area contributed by atoms with E-state index in [0.29, 0.717) is 12.2 Å². The van der Waals surface area contributed by atoms with E-state index in [9.17, 15) is 33.9 Å². The lowest BCUT2D eigenvalue weighted by atomic mass is 10.1. The average Bonchev–Trinajstić information content (AvgIpc) is 2.67. The first-order valence-electron chi connectivity index (χ1n) is 9.34. The number of aliphatic carboxylic acids is 1. The maximum Gasteiger partial charge on any atom is 0.326 e. The van der Waals surface area contributed by atoms with Crippen molar-refractivity contribution in [3.05, 3.63) is 0 Å². The Kier molecular flexibility index (Phi) is 12.9. The lowest BCUT2D eigenvalue weighted by Gasteiger charge is -2.23. The Morgan fingerprint density at radius 2 is 1.45 bits per heavy atom. The average molecular weight is 463 g/mol. The molecule has 0 radical (unpaired) electrons. The van der Waals surface area contributed by atoms with E-state index in [4.69, 9.17) is 17.2 Å². The molecule has 14 heteroatoms. The molecule has 0 aromatic heterocycles. The van der Waals surface area contributed by atoms with Gasteiger partial charge in [-0.15, -0.1) is 0 Å². The fourth-order valence-corrected chi connectivity index (χ4v) is 2.77. The zero-order chi connectivity index (χ0) is 24.1. The topological polar surface area (TPSA) is 237 Å².